The van der Waals surface area contributed by atoms with E-state index in [-0.39, 0.29) is 43.3 Å². The molecule has 4 nitrogen and oxygen atoms in total. The van der Waals surface area contributed by atoms with Gasteiger partial charge in [0.25, 0.3) is 0 Å². The summed E-state index contributed by atoms with van der Waals surface area (Å²) in [6.07, 6.45) is 5.76. The van der Waals surface area contributed by atoms with Crippen molar-refractivity contribution in [1.29, 1.82) is 0 Å². The van der Waals surface area contributed by atoms with E-state index in [1.165, 1.54) is 27.5 Å². The van der Waals surface area contributed by atoms with E-state index in [1.807, 2.05) is 18.2 Å². The van der Waals surface area contributed by atoms with Gasteiger partial charge in [-0.2, -0.15) is 5.70 Å². The Kier molecular flexibility index (Phi) is 13.1. The van der Waals surface area contributed by atoms with Crippen LogP contribution in [0.3, 0.4) is 0 Å². The van der Waals surface area contributed by atoms with Gasteiger partial charge in [-0.05, 0) is 71.0 Å². The molecular formula is C45H54IrN2O2-2. The first-order valence-electron chi connectivity index (χ1n) is 18.4. The molecule has 6 rings (SSSR count). The van der Waals surface area contributed by atoms with E-state index in [0.29, 0.717) is 11.8 Å². The van der Waals surface area contributed by atoms with Crippen molar-refractivity contribution in [1.82, 2.24) is 4.98 Å². The Labute approximate surface area is 313 Å². The minimum atomic E-state index is -0.192. The van der Waals surface area contributed by atoms with Crippen LogP contribution in [0.2, 0.25) is 0 Å². The molecule has 1 radical (unpaired) electrons. The molecule has 0 aliphatic heterocycles. The number of carbonyl (C=O) groups is 1. The summed E-state index contributed by atoms with van der Waals surface area (Å²) in [5.74, 6) is 2.33. The summed E-state index contributed by atoms with van der Waals surface area (Å²) in [5.41, 5.74) is 9.82. The van der Waals surface area contributed by atoms with Crippen molar-refractivity contribution < 1.29 is 29.3 Å². The monoisotopic (exact) mass is 847 g/mol. The van der Waals surface area contributed by atoms with E-state index in [4.69, 9.17) is 9.40 Å². The van der Waals surface area contributed by atoms with Crippen molar-refractivity contribution in [2.75, 3.05) is 0 Å². The Morgan fingerprint density at radius 1 is 0.880 bits per heavy atom. The van der Waals surface area contributed by atoms with Crippen LogP contribution in [0.5, 0.6) is 0 Å². The first kappa shape index (κ1) is 39.3. The van der Waals surface area contributed by atoms with E-state index in [2.05, 4.69) is 135 Å². The van der Waals surface area contributed by atoms with Gasteiger partial charge in [-0.3, -0.25) is 9.78 Å². The standard InChI is InChI=1S/C29H24NO.C16H31NO.Ir/c1-17(2)18-12-14-23-19(16-18)13-15-24(30-23)20-9-7-10-22-26(20)29(3,4)27-21-8-5-6-11-25(21)31-28(22)27;1-7-13(8-2)15(17-12(5)6)11-16(18)14(9-3)10-4;/h5-8,10-17H,1-4H3;11-14H,7-10H2,1-6H3,(H,17,18);/q-1;;/p-1. The van der Waals surface area contributed by atoms with Crippen LogP contribution >= 0.6 is 0 Å². The molecule has 5 aromatic rings. The Balaban J connectivity index is 0.000000257. The third kappa shape index (κ3) is 7.85. The average molecular weight is 847 g/mol. The van der Waals surface area contributed by atoms with Crippen LogP contribution in [0.25, 0.3) is 49.8 Å². The number of hydrogen-bond acceptors (Lipinski definition) is 3. The van der Waals surface area contributed by atoms with Gasteiger partial charge in [0, 0.05) is 37.0 Å². The summed E-state index contributed by atoms with van der Waals surface area (Å²) in [6.45, 7) is 21.6. The molecule has 267 valence electrons. The zero-order chi connectivity index (χ0) is 35.5. The second-order valence-electron chi connectivity index (χ2n) is 14.6. The Bertz CT molecular complexity index is 1960. The third-order valence-electron chi connectivity index (χ3n) is 10.2. The van der Waals surface area contributed by atoms with Crippen LogP contribution in [0.15, 0.2) is 82.9 Å². The van der Waals surface area contributed by atoms with Crippen LogP contribution in [0, 0.1) is 17.9 Å². The number of furan rings is 1. The van der Waals surface area contributed by atoms with E-state index in [0.717, 1.165) is 65.1 Å². The zero-order valence-electron chi connectivity index (χ0n) is 31.6. The first-order chi connectivity index (χ1) is 23.4. The first-order valence-corrected chi connectivity index (χ1v) is 18.4. The van der Waals surface area contributed by atoms with Gasteiger partial charge in [-0.15, -0.1) is 35.4 Å². The van der Waals surface area contributed by atoms with Crippen molar-refractivity contribution in [3.05, 3.63) is 107 Å². The molecule has 0 fully saturated rings. The second-order valence-corrected chi connectivity index (χ2v) is 14.6. The zero-order valence-corrected chi connectivity index (χ0v) is 34.0. The van der Waals surface area contributed by atoms with E-state index in [9.17, 15) is 4.79 Å². The van der Waals surface area contributed by atoms with Crippen LogP contribution in [-0.2, 0) is 30.3 Å². The summed E-state index contributed by atoms with van der Waals surface area (Å²) >= 11 is 0. The van der Waals surface area contributed by atoms with Gasteiger partial charge in [0.2, 0.25) is 0 Å². The molecule has 0 N–H and O–H groups in total. The van der Waals surface area contributed by atoms with Gasteiger partial charge < -0.3 is 9.73 Å². The van der Waals surface area contributed by atoms with E-state index in [1.54, 1.807) is 0 Å². The SMILES string of the molecule is CC(C)c1ccc2nc(-c3[c-]ccc4c3C(C)(C)c3c-4oc4ccccc34)ccc2c1.CCC(CC)C(=O)/C=C(\[N-]C(C)C)C(CC)CC.[Ir]. The van der Waals surface area contributed by atoms with Gasteiger partial charge in [0.05, 0.1) is 5.52 Å². The van der Waals surface area contributed by atoms with Gasteiger partial charge in [0.15, 0.2) is 5.78 Å². The number of nitrogens with zero attached hydrogens (tertiary/aromatic N) is 2. The molecule has 50 heavy (non-hydrogen) atoms. The number of fused-ring (bicyclic) bond motifs is 6. The quantitative estimate of drug-likeness (QED) is 0.0983. The van der Waals surface area contributed by atoms with Gasteiger partial charge in [0.1, 0.15) is 11.3 Å². The largest absolute Gasteiger partial charge is 0.685 e. The second kappa shape index (κ2) is 16.7. The summed E-state index contributed by atoms with van der Waals surface area (Å²) in [4.78, 5) is 17.2. The maximum absolute atomic E-state index is 12.2. The van der Waals surface area contributed by atoms with Gasteiger partial charge >= 0.3 is 0 Å². The van der Waals surface area contributed by atoms with Crippen LogP contribution in [0.1, 0.15) is 118 Å². The minimum absolute atomic E-state index is 0. The van der Waals surface area contributed by atoms with E-state index >= 15 is 0 Å². The molecule has 0 amide bonds. The molecule has 0 unspecified atom stereocenters. The summed E-state index contributed by atoms with van der Waals surface area (Å²) in [5, 5.41) is 7.02. The van der Waals surface area contributed by atoms with E-state index < -0.39 is 0 Å². The number of para-hydroxylation sites is 1. The molecular weight excluding hydrogens is 793 g/mol. The maximum atomic E-state index is 12.2. The summed E-state index contributed by atoms with van der Waals surface area (Å²) in [6, 6.07) is 27.1. The molecule has 1 aliphatic rings. The van der Waals surface area contributed by atoms with Gasteiger partial charge in [-0.25, -0.2) is 0 Å². The number of aromatic nitrogens is 1. The normalized spacial score (nSPS) is 13.4. The van der Waals surface area contributed by atoms with Crippen LogP contribution < -0.4 is 0 Å². The predicted octanol–water partition coefficient (Wildman–Crippen LogP) is 13.0. The van der Waals surface area contributed by atoms with Crippen LogP contribution in [0.4, 0.5) is 0 Å². The molecule has 0 bridgehead atoms. The number of rotatable bonds is 11. The van der Waals surface area contributed by atoms with Gasteiger partial charge in [-0.1, -0.05) is 124 Å². The number of ketones is 1. The van der Waals surface area contributed by atoms with Crippen LogP contribution in [-0.4, -0.2) is 16.8 Å². The summed E-state index contributed by atoms with van der Waals surface area (Å²) in [7, 11) is 0. The number of benzene rings is 3. The number of carbonyl (C=O) groups excluding carboxylic acids is 1. The number of hydrogen-bond donors (Lipinski definition) is 0. The molecule has 0 atom stereocenters. The molecule has 1 aliphatic carbocycles. The van der Waals surface area contributed by atoms with Crippen molar-refractivity contribution in [3.8, 4) is 22.6 Å². The topological polar surface area (TPSA) is 57.2 Å². The fourth-order valence-electron chi connectivity index (χ4n) is 7.38. The van der Waals surface area contributed by atoms with Crippen molar-refractivity contribution in [3.63, 3.8) is 0 Å². The van der Waals surface area contributed by atoms with Crippen molar-refractivity contribution in [2.24, 2.45) is 11.8 Å². The summed E-state index contributed by atoms with van der Waals surface area (Å²) < 4.78 is 6.33. The molecule has 5 heteroatoms. The maximum Gasteiger partial charge on any atom is 0.157 e. The molecule has 3 aromatic carbocycles. The smallest absolute Gasteiger partial charge is 0.157 e. The molecule has 2 aromatic heterocycles. The Morgan fingerprint density at radius 3 is 2.20 bits per heavy atom. The third-order valence-corrected chi connectivity index (χ3v) is 10.2. The number of pyridine rings is 1. The molecule has 2 heterocycles. The molecule has 0 saturated carbocycles. The average Bonchev–Trinajstić information content (AvgIpc) is 3.59. The fraction of sp³-hybridized carbons (Fsp3) is 0.422. The minimum Gasteiger partial charge on any atom is -0.685 e. The molecule has 0 saturated heterocycles. The number of allylic oxidation sites excluding steroid dienone is 2. The molecule has 0 spiro atoms. The Morgan fingerprint density at radius 2 is 1.56 bits per heavy atom. The fourth-order valence-corrected chi connectivity index (χ4v) is 7.38. The van der Waals surface area contributed by atoms with Crippen molar-refractivity contribution >= 4 is 27.7 Å². The van der Waals surface area contributed by atoms with Crippen molar-refractivity contribution in [2.45, 2.75) is 112 Å². The predicted molar refractivity (Wildman–Crippen MR) is 207 cm³/mol. The Hall–Kier alpha value is -3.53.